The van der Waals surface area contributed by atoms with Gasteiger partial charge in [-0.15, -0.1) is 13.2 Å². The van der Waals surface area contributed by atoms with Crippen molar-refractivity contribution in [1.29, 1.82) is 0 Å². The summed E-state index contributed by atoms with van der Waals surface area (Å²) in [5.74, 6) is 0.0910. The lowest BCUT2D eigenvalue weighted by Gasteiger charge is -2.12. The molecule has 0 aliphatic rings. The van der Waals surface area contributed by atoms with Crippen LogP contribution >= 0.6 is 0 Å². The molecule has 0 atom stereocenters. The molecule has 0 fully saturated rings. The van der Waals surface area contributed by atoms with Crippen LogP contribution in [0.3, 0.4) is 0 Å². The van der Waals surface area contributed by atoms with E-state index >= 15 is 0 Å². The third kappa shape index (κ3) is 5.86. The second kappa shape index (κ2) is 7.22. The second-order valence-corrected chi connectivity index (χ2v) is 7.00. The first-order valence-corrected chi connectivity index (χ1v) is 8.69. The van der Waals surface area contributed by atoms with Crippen molar-refractivity contribution in [2.24, 2.45) is 0 Å². The molecule has 0 spiro atoms. The molecule has 0 saturated carbocycles. The van der Waals surface area contributed by atoms with E-state index in [4.69, 9.17) is 4.74 Å². The lowest BCUT2D eigenvalue weighted by molar-refractivity contribution is -0.274. The molecule has 0 aromatic heterocycles. The van der Waals surface area contributed by atoms with Gasteiger partial charge in [0.25, 0.3) is 10.0 Å². The Labute approximate surface area is 143 Å². The van der Waals surface area contributed by atoms with Crippen molar-refractivity contribution < 1.29 is 31.1 Å². The van der Waals surface area contributed by atoms with Crippen LogP contribution in [0.4, 0.5) is 18.9 Å². The standard InChI is InChI=1S/C16H16F3NO4S/c1-11(2)23-13-5-3-12(4-6-13)20-25(21,22)15-9-7-14(8-10-15)24-16(17,18)19/h3-11,20H,1-2H3. The minimum absolute atomic E-state index is 0.0139. The average Bonchev–Trinajstić information content (AvgIpc) is 2.47. The molecular formula is C16H16F3NO4S. The Bertz CT molecular complexity index is 801. The fraction of sp³-hybridized carbons (Fsp3) is 0.250. The van der Waals surface area contributed by atoms with E-state index in [-0.39, 0.29) is 11.0 Å². The lowest BCUT2D eigenvalue weighted by atomic mass is 10.3. The predicted molar refractivity (Wildman–Crippen MR) is 86.1 cm³/mol. The van der Waals surface area contributed by atoms with E-state index in [1.165, 1.54) is 12.1 Å². The predicted octanol–water partition coefficient (Wildman–Crippen LogP) is 4.17. The van der Waals surface area contributed by atoms with Gasteiger partial charge in [0.2, 0.25) is 0 Å². The number of alkyl halides is 3. The number of halogens is 3. The summed E-state index contributed by atoms with van der Waals surface area (Å²) < 4.78 is 72.3. The quantitative estimate of drug-likeness (QED) is 0.823. The van der Waals surface area contributed by atoms with Crippen molar-refractivity contribution in [3.05, 3.63) is 48.5 Å². The first-order valence-electron chi connectivity index (χ1n) is 7.20. The van der Waals surface area contributed by atoms with E-state index in [2.05, 4.69) is 9.46 Å². The zero-order valence-electron chi connectivity index (χ0n) is 13.4. The summed E-state index contributed by atoms with van der Waals surface area (Å²) in [4.78, 5) is -0.190. The number of hydrogen-bond donors (Lipinski definition) is 1. The Balaban J connectivity index is 2.10. The lowest BCUT2D eigenvalue weighted by Crippen LogP contribution is -2.17. The van der Waals surface area contributed by atoms with Crippen LogP contribution in [0.15, 0.2) is 53.4 Å². The number of hydrogen-bond acceptors (Lipinski definition) is 4. The zero-order chi connectivity index (χ0) is 18.7. The maximum Gasteiger partial charge on any atom is 0.573 e. The van der Waals surface area contributed by atoms with Gasteiger partial charge in [-0.2, -0.15) is 0 Å². The van der Waals surface area contributed by atoms with Crippen LogP contribution in [0, 0.1) is 0 Å². The fourth-order valence-electron chi connectivity index (χ4n) is 1.91. The number of anilines is 1. The van der Waals surface area contributed by atoms with Gasteiger partial charge in [0.1, 0.15) is 11.5 Å². The first kappa shape index (κ1) is 18.9. The van der Waals surface area contributed by atoms with E-state index in [9.17, 15) is 21.6 Å². The Morgan fingerprint density at radius 1 is 0.920 bits per heavy atom. The van der Waals surface area contributed by atoms with E-state index in [1.54, 1.807) is 12.1 Å². The maximum atomic E-state index is 12.3. The molecule has 0 aliphatic heterocycles. The van der Waals surface area contributed by atoms with Gasteiger partial charge in [-0.1, -0.05) is 0 Å². The molecule has 0 bridgehead atoms. The molecule has 2 aromatic carbocycles. The highest BCUT2D eigenvalue weighted by molar-refractivity contribution is 7.92. The number of ether oxygens (including phenoxy) is 2. The van der Waals surface area contributed by atoms with Crippen molar-refractivity contribution in [2.45, 2.75) is 31.2 Å². The maximum absolute atomic E-state index is 12.3. The summed E-state index contributed by atoms with van der Waals surface area (Å²) in [6.45, 7) is 3.73. The molecule has 25 heavy (non-hydrogen) atoms. The summed E-state index contributed by atoms with van der Waals surface area (Å²) in [7, 11) is -3.94. The summed E-state index contributed by atoms with van der Waals surface area (Å²) in [6, 6.07) is 10.2. The zero-order valence-corrected chi connectivity index (χ0v) is 14.2. The third-order valence-electron chi connectivity index (χ3n) is 2.85. The Hall–Kier alpha value is -2.42. The molecule has 0 aliphatic carbocycles. The Kier molecular flexibility index (Phi) is 5.46. The number of sulfonamides is 1. The molecule has 5 nitrogen and oxygen atoms in total. The van der Waals surface area contributed by atoms with Gasteiger partial charge in [0, 0.05) is 5.69 Å². The molecule has 0 amide bonds. The van der Waals surface area contributed by atoms with Crippen molar-refractivity contribution in [3.63, 3.8) is 0 Å². The van der Waals surface area contributed by atoms with Gasteiger partial charge in [0.05, 0.1) is 11.0 Å². The van der Waals surface area contributed by atoms with Crippen LogP contribution in [0.5, 0.6) is 11.5 Å². The van der Waals surface area contributed by atoms with Gasteiger partial charge in [-0.25, -0.2) is 8.42 Å². The van der Waals surface area contributed by atoms with Crippen LogP contribution in [0.1, 0.15) is 13.8 Å². The van der Waals surface area contributed by atoms with E-state index in [0.29, 0.717) is 11.4 Å². The highest BCUT2D eigenvalue weighted by Crippen LogP contribution is 2.25. The van der Waals surface area contributed by atoms with Crippen LogP contribution in [-0.2, 0) is 10.0 Å². The van der Waals surface area contributed by atoms with E-state index in [1.807, 2.05) is 13.8 Å². The summed E-state index contributed by atoms with van der Waals surface area (Å²) in [6.07, 6.45) is -4.85. The molecule has 136 valence electrons. The van der Waals surface area contributed by atoms with Gasteiger partial charge in [-0.3, -0.25) is 4.72 Å². The normalized spacial score (nSPS) is 12.1. The summed E-state index contributed by atoms with van der Waals surface area (Å²) >= 11 is 0. The number of nitrogens with one attached hydrogen (secondary N) is 1. The molecular weight excluding hydrogens is 359 g/mol. The van der Waals surface area contributed by atoms with Crippen LogP contribution in [0.2, 0.25) is 0 Å². The highest BCUT2D eigenvalue weighted by Gasteiger charge is 2.31. The van der Waals surface area contributed by atoms with E-state index < -0.39 is 22.1 Å². The Morgan fingerprint density at radius 3 is 1.92 bits per heavy atom. The first-order chi connectivity index (χ1) is 11.5. The van der Waals surface area contributed by atoms with Crippen molar-refractivity contribution in [1.82, 2.24) is 0 Å². The fourth-order valence-corrected chi connectivity index (χ4v) is 2.97. The largest absolute Gasteiger partial charge is 0.573 e. The second-order valence-electron chi connectivity index (χ2n) is 5.32. The summed E-state index contributed by atoms with van der Waals surface area (Å²) in [5.41, 5.74) is 0.298. The number of benzene rings is 2. The molecule has 0 saturated heterocycles. The van der Waals surface area contributed by atoms with Crippen molar-refractivity contribution in [2.75, 3.05) is 4.72 Å². The van der Waals surface area contributed by atoms with Crippen LogP contribution in [0.25, 0.3) is 0 Å². The van der Waals surface area contributed by atoms with Crippen molar-refractivity contribution >= 4 is 15.7 Å². The molecule has 0 radical (unpaired) electrons. The molecule has 0 heterocycles. The van der Waals surface area contributed by atoms with Crippen molar-refractivity contribution in [3.8, 4) is 11.5 Å². The third-order valence-corrected chi connectivity index (χ3v) is 4.24. The monoisotopic (exact) mass is 375 g/mol. The minimum Gasteiger partial charge on any atom is -0.491 e. The molecule has 9 heteroatoms. The topological polar surface area (TPSA) is 64.6 Å². The summed E-state index contributed by atoms with van der Waals surface area (Å²) in [5, 5.41) is 0. The van der Waals surface area contributed by atoms with Crippen LogP contribution in [-0.4, -0.2) is 20.9 Å². The smallest absolute Gasteiger partial charge is 0.491 e. The molecule has 2 aromatic rings. The average molecular weight is 375 g/mol. The van der Waals surface area contributed by atoms with Gasteiger partial charge < -0.3 is 9.47 Å². The van der Waals surface area contributed by atoms with E-state index in [0.717, 1.165) is 24.3 Å². The van der Waals surface area contributed by atoms with Gasteiger partial charge >= 0.3 is 6.36 Å². The highest BCUT2D eigenvalue weighted by atomic mass is 32.2. The molecule has 1 N–H and O–H groups in total. The Morgan fingerprint density at radius 2 is 1.44 bits per heavy atom. The van der Waals surface area contributed by atoms with Gasteiger partial charge in [0.15, 0.2) is 0 Å². The van der Waals surface area contributed by atoms with Gasteiger partial charge in [-0.05, 0) is 62.4 Å². The molecule has 0 unspecified atom stereocenters. The van der Waals surface area contributed by atoms with Crippen LogP contribution < -0.4 is 14.2 Å². The number of rotatable bonds is 6. The minimum atomic E-state index is -4.83. The molecule has 2 rings (SSSR count). The SMILES string of the molecule is CC(C)Oc1ccc(NS(=O)(=O)c2ccc(OC(F)(F)F)cc2)cc1.